The van der Waals surface area contributed by atoms with Gasteiger partial charge in [0, 0.05) is 11.1 Å². The van der Waals surface area contributed by atoms with Gasteiger partial charge < -0.3 is 14.6 Å². The van der Waals surface area contributed by atoms with Crippen molar-refractivity contribution >= 4 is 27.3 Å². The van der Waals surface area contributed by atoms with Crippen LogP contribution in [0.15, 0.2) is 23.6 Å². The number of hydrogen-bond acceptors (Lipinski definition) is 9. The summed E-state index contributed by atoms with van der Waals surface area (Å²) in [4.78, 5) is 4.49. The zero-order valence-electron chi connectivity index (χ0n) is 19.4. The number of rotatable bonds is 10. The highest BCUT2D eigenvalue weighted by Gasteiger charge is 2.28. The van der Waals surface area contributed by atoms with Crippen LogP contribution in [-0.2, 0) is 10.0 Å². The molecule has 2 N–H and O–H groups in total. The van der Waals surface area contributed by atoms with Crippen LogP contribution in [0.3, 0.4) is 0 Å². The molecule has 1 fully saturated rings. The lowest BCUT2D eigenvalue weighted by molar-refractivity contribution is 0.107. The average molecular weight is 508 g/mol. The molecular weight excluding hydrogens is 478 g/mol. The van der Waals surface area contributed by atoms with Gasteiger partial charge in [-0.15, -0.1) is 21.5 Å². The van der Waals surface area contributed by atoms with Gasteiger partial charge in [0.1, 0.15) is 17.2 Å². The molecule has 0 saturated heterocycles. The van der Waals surface area contributed by atoms with E-state index in [1.54, 1.807) is 22.8 Å². The highest BCUT2D eigenvalue weighted by Crippen LogP contribution is 2.38. The van der Waals surface area contributed by atoms with Crippen LogP contribution >= 0.6 is 11.3 Å². The fourth-order valence-electron chi connectivity index (χ4n) is 4.25. The van der Waals surface area contributed by atoms with Crippen LogP contribution in [0.25, 0.3) is 16.5 Å². The molecule has 12 heteroatoms. The Balaban J connectivity index is 1.70. The third-order valence-corrected chi connectivity index (χ3v) is 8.19. The summed E-state index contributed by atoms with van der Waals surface area (Å²) in [6.07, 6.45) is 3.55. The number of nitrogens with one attached hydrogen (secondary N) is 1. The molecule has 2 heterocycles. The molecule has 2 aromatic heterocycles. The molecule has 10 nitrogen and oxygen atoms in total. The van der Waals surface area contributed by atoms with Crippen molar-refractivity contribution in [3.8, 4) is 28.0 Å². The van der Waals surface area contributed by atoms with E-state index in [4.69, 9.17) is 9.47 Å². The van der Waals surface area contributed by atoms with E-state index in [-0.39, 0.29) is 24.0 Å². The van der Waals surface area contributed by atoms with Crippen LogP contribution in [0.5, 0.6) is 11.5 Å². The Hall–Kier alpha value is -2.70. The maximum absolute atomic E-state index is 13.0. The number of aliphatic hydroxyl groups excluding tert-OH is 1. The van der Waals surface area contributed by atoms with Crippen LogP contribution < -0.4 is 14.2 Å². The van der Waals surface area contributed by atoms with Crippen molar-refractivity contribution < 1.29 is 23.0 Å². The Bertz CT molecular complexity index is 1210. The van der Waals surface area contributed by atoms with Gasteiger partial charge in [-0.3, -0.25) is 9.29 Å². The number of thiazole rings is 1. The Morgan fingerprint density at radius 1 is 1.21 bits per heavy atom. The first-order chi connectivity index (χ1) is 16.3. The fraction of sp³-hybridized carbons (Fsp3) is 0.500. The lowest BCUT2D eigenvalue weighted by Gasteiger charge is -2.19. The minimum Gasteiger partial charge on any atom is -0.494 e. The number of benzene rings is 1. The number of ether oxygens (including phenoxy) is 2. The molecular formula is C22H29N5O5S2. The third kappa shape index (κ3) is 5.18. The summed E-state index contributed by atoms with van der Waals surface area (Å²) in [7, 11) is -0.789. The molecule has 0 bridgehead atoms. The third-order valence-electron chi connectivity index (χ3n) is 5.97. The van der Waals surface area contributed by atoms with Crippen molar-refractivity contribution in [1.29, 1.82) is 0 Å². The first-order valence-corrected chi connectivity index (χ1v) is 13.6. The van der Waals surface area contributed by atoms with Gasteiger partial charge in [-0.05, 0) is 44.2 Å². The minimum absolute atomic E-state index is 0.0130. The summed E-state index contributed by atoms with van der Waals surface area (Å²) >= 11 is 1.37. The van der Waals surface area contributed by atoms with Crippen molar-refractivity contribution in [1.82, 2.24) is 19.7 Å². The van der Waals surface area contributed by atoms with E-state index in [1.165, 1.54) is 25.6 Å². The number of aliphatic hydroxyl groups is 1. The number of sulfonamides is 1. The number of nitrogens with zero attached hydrogens (tertiary/aromatic N) is 4. The van der Waals surface area contributed by atoms with Crippen molar-refractivity contribution in [3.05, 3.63) is 29.3 Å². The van der Waals surface area contributed by atoms with E-state index in [0.29, 0.717) is 28.0 Å². The van der Waals surface area contributed by atoms with Crippen molar-refractivity contribution in [2.75, 3.05) is 24.7 Å². The Morgan fingerprint density at radius 3 is 2.47 bits per heavy atom. The molecule has 1 aliphatic rings. The van der Waals surface area contributed by atoms with Crippen molar-refractivity contribution in [2.24, 2.45) is 5.92 Å². The molecule has 0 aliphatic heterocycles. The summed E-state index contributed by atoms with van der Waals surface area (Å²) in [6.45, 7) is 1.86. The number of aryl methyl sites for hydroxylation is 1. The zero-order valence-corrected chi connectivity index (χ0v) is 21.0. The lowest BCUT2D eigenvalue weighted by Crippen LogP contribution is -2.25. The standard InChI is InChI=1S/C22H29N5O5S2/c1-14-13-33-21(23-14)20-24-25-22(27(20)19-17(31-2)9-6-10-18(19)32-3)26-34(29,30)12-11-16(28)15-7-4-5-8-15/h6,9-10,13,15-16,28H,4-5,7-8,11-12H2,1-3H3,(H,25,26)/t16-/m0/s1. The number of aromatic nitrogens is 4. The number of hydrogen-bond donors (Lipinski definition) is 2. The summed E-state index contributed by atoms with van der Waals surface area (Å²) in [5.41, 5.74) is 1.26. The van der Waals surface area contributed by atoms with E-state index in [0.717, 1.165) is 31.4 Å². The van der Waals surface area contributed by atoms with Crippen LogP contribution in [0.4, 0.5) is 5.95 Å². The number of anilines is 1. The minimum atomic E-state index is -3.82. The molecule has 0 spiro atoms. The average Bonchev–Trinajstić information content (AvgIpc) is 3.58. The molecule has 1 aromatic carbocycles. The maximum atomic E-state index is 13.0. The number of para-hydroxylation sites is 1. The van der Waals surface area contributed by atoms with Crippen molar-refractivity contribution in [3.63, 3.8) is 0 Å². The smallest absolute Gasteiger partial charge is 0.243 e. The van der Waals surface area contributed by atoms with E-state index < -0.39 is 16.1 Å². The Kier molecular flexibility index (Phi) is 7.39. The first-order valence-electron chi connectivity index (χ1n) is 11.1. The van der Waals surface area contributed by atoms with E-state index in [2.05, 4.69) is 19.9 Å². The van der Waals surface area contributed by atoms with Gasteiger partial charge in [-0.2, -0.15) is 0 Å². The molecule has 184 valence electrons. The Morgan fingerprint density at radius 2 is 1.88 bits per heavy atom. The van der Waals surface area contributed by atoms with Gasteiger partial charge in [0.15, 0.2) is 10.8 Å². The molecule has 0 amide bonds. The molecule has 1 saturated carbocycles. The predicted molar refractivity (Wildman–Crippen MR) is 130 cm³/mol. The Labute approximate surface area is 203 Å². The zero-order chi connectivity index (χ0) is 24.3. The summed E-state index contributed by atoms with van der Waals surface area (Å²) < 4.78 is 41.1. The largest absolute Gasteiger partial charge is 0.494 e. The van der Waals surface area contributed by atoms with Gasteiger partial charge >= 0.3 is 0 Å². The van der Waals surface area contributed by atoms with Gasteiger partial charge in [0.2, 0.25) is 16.0 Å². The highest BCUT2D eigenvalue weighted by atomic mass is 32.2. The second-order valence-corrected chi connectivity index (χ2v) is 11.0. The van der Waals surface area contributed by atoms with Crippen LogP contribution in [-0.4, -0.2) is 59.3 Å². The highest BCUT2D eigenvalue weighted by molar-refractivity contribution is 7.92. The SMILES string of the molecule is COc1cccc(OC)c1-n1c(NS(=O)(=O)CC[C@H](O)C2CCCC2)nnc1-c1nc(C)cs1. The summed E-state index contributed by atoms with van der Waals surface area (Å²) in [5, 5.41) is 21.3. The molecule has 1 atom stereocenters. The van der Waals surface area contributed by atoms with Gasteiger partial charge in [0.05, 0.1) is 26.1 Å². The topological polar surface area (TPSA) is 128 Å². The van der Waals surface area contributed by atoms with E-state index in [9.17, 15) is 13.5 Å². The molecule has 0 radical (unpaired) electrons. The van der Waals surface area contributed by atoms with Crippen LogP contribution in [0, 0.1) is 12.8 Å². The molecule has 34 heavy (non-hydrogen) atoms. The summed E-state index contributed by atoms with van der Waals surface area (Å²) in [5.74, 6) is 1.17. The molecule has 4 rings (SSSR count). The van der Waals surface area contributed by atoms with Crippen molar-refractivity contribution in [2.45, 2.75) is 45.1 Å². The quantitative estimate of drug-likeness (QED) is 0.427. The number of methoxy groups -OCH3 is 2. The predicted octanol–water partition coefficient (Wildman–Crippen LogP) is 3.40. The summed E-state index contributed by atoms with van der Waals surface area (Å²) in [6, 6.07) is 5.25. The molecule has 0 unspecified atom stereocenters. The second-order valence-electron chi connectivity index (χ2n) is 8.31. The maximum Gasteiger partial charge on any atom is 0.243 e. The first kappa shape index (κ1) is 24.4. The van der Waals surface area contributed by atoms with E-state index in [1.807, 2.05) is 12.3 Å². The van der Waals surface area contributed by atoms with Gasteiger partial charge in [0.25, 0.3) is 0 Å². The second kappa shape index (κ2) is 10.3. The lowest BCUT2D eigenvalue weighted by atomic mass is 9.99. The molecule has 3 aromatic rings. The van der Waals surface area contributed by atoms with Crippen LogP contribution in [0.1, 0.15) is 37.8 Å². The van der Waals surface area contributed by atoms with Gasteiger partial charge in [-0.1, -0.05) is 18.9 Å². The van der Waals surface area contributed by atoms with E-state index >= 15 is 0 Å². The molecule has 1 aliphatic carbocycles. The normalized spacial score (nSPS) is 15.4. The van der Waals surface area contributed by atoms with Gasteiger partial charge in [-0.25, -0.2) is 13.4 Å². The fourth-order valence-corrected chi connectivity index (χ4v) is 6.09. The van der Waals surface area contributed by atoms with Crippen LogP contribution in [0.2, 0.25) is 0 Å². The monoisotopic (exact) mass is 507 g/mol.